The van der Waals surface area contributed by atoms with Crippen molar-refractivity contribution in [1.29, 1.82) is 0 Å². The van der Waals surface area contributed by atoms with Gasteiger partial charge in [-0.1, -0.05) is 0 Å². The molecular weight excluding hydrogens is 220 g/mol. The molecule has 0 saturated heterocycles. The topological polar surface area (TPSA) is 35.5 Å². The van der Waals surface area contributed by atoms with Crippen LogP contribution >= 0.6 is 0 Å². The quantitative estimate of drug-likeness (QED) is 0.551. The molecule has 4 heteroatoms. The lowest BCUT2D eigenvalue weighted by Gasteiger charge is -2.31. The zero-order valence-electron chi connectivity index (χ0n) is 11.1. The maximum atomic E-state index is 11.7. The summed E-state index contributed by atoms with van der Waals surface area (Å²) in [5.74, 6) is 0.276. The van der Waals surface area contributed by atoms with E-state index in [1.165, 1.54) is 0 Å². The minimum absolute atomic E-state index is 0.0332. The lowest BCUT2D eigenvalue weighted by Crippen LogP contribution is -2.40. The lowest BCUT2D eigenvalue weighted by atomic mass is 10.1. The van der Waals surface area contributed by atoms with Crippen molar-refractivity contribution in [3.63, 3.8) is 0 Å². The molecule has 0 N–H and O–H groups in total. The molecule has 0 aliphatic heterocycles. The molecular formula is C12H24O3Si. The van der Waals surface area contributed by atoms with E-state index in [4.69, 9.17) is 9.16 Å². The molecule has 3 nitrogen and oxygen atoms in total. The molecule has 2 unspecified atom stereocenters. The number of hydrogen-bond donors (Lipinski definition) is 0. The van der Waals surface area contributed by atoms with Crippen LogP contribution in [0.25, 0.3) is 0 Å². The van der Waals surface area contributed by atoms with Crippen molar-refractivity contribution < 1.29 is 14.0 Å². The summed E-state index contributed by atoms with van der Waals surface area (Å²) < 4.78 is 11.8. The number of rotatable bonds is 5. The van der Waals surface area contributed by atoms with E-state index in [2.05, 4.69) is 19.6 Å². The van der Waals surface area contributed by atoms with Crippen molar-refractivity contribution in [3.8, 4) is 0 Å². The molecule has 0 heterocycles. The average Bonchev–Trinajstić information content (AvgIpc) is 2.46. The monoisotopic (exact) mass is 244 g/mol. The second-order valence-electron chi connectivity index (χ2n) is 5.75. The molecule has 0 spiro atoms. The Labute approximate surface area is 99.6 Å². The summed E-state index contributed by atoms with van der Waals surface area (Å²) >= 11 is 0. The van der Waals surface area contributed by atoms with Gasteiger partial charge in [-0.25, -0.2) is 0 Å². The zero-order chi connectivity index (χ0) is 12.3. The summed E-state index contributed by atoms with van der Waals surface area (Å²) in [6.07, 6.45) is 2.38. The SMILES string of the molecule is CC(C)OC(O[Si](C)(C)C)C1CCCC1=O. The fourth-order valence-electron chi connectivity index (χ4n) is 1.95. The summed E-state index contributed by atoms with van der Waals surface area (Å²) in [6, 6.07) is 0. The summed E-state index contributed by atoms with van der Waals surface area (Å²) in [7, 11) is -1.66. The molecule has 2 atom stereocenters. The zero-order valence-corrected chi connectivity index (χ0v) is 12.1. The van der Waals surface area contributed by atoms with Gasteiger partial charge in [0.05, 0.1) is 12.0 Å². The van der Waals surface area contributed by atoms with Crippen LogP contribution in [0.1, 0.15) is 33.1 Å². The predicted octanol–water partition coefficient (Wildman–Crippen LogP) is 2.96. The molecule has 0 aromatic rings. The van der Waals surface area contributed by atoms with Crippen molar-refractivity contribution in [2.24, 2.45) is 5.92 Å². The Balaban J connectivity index is 2.66. The van der Waals surface area contributed by atoms with Crippen LogP contribution in [0.2, 0.25) is 19.6 Å². The summed E-state index contributed by atoms with van der Waals surface area (Å²) in [6.45, 7) is 10.4. The molecule has 16 heavy (non-hydrogen) atoms. The molecule has 1 rings (SSSR count). The molecule has 1 aliphatic rings. The van der Waals surface area contributed by atoms with Gasteiger partial charge in [-0.05, 0) is 46.3 Å². The number of ketones is 1. The van der Waals surface area contributed by atoms with Gasteiger partial charge < -0.3 is 9.16 Å². The minimum Gasteiger partial charge on any atom is -0.393 e. The van der Waals surface area contributed by atoms with Gasteiger partial charge in [-0.15, -0.1) is 0 Å². The number of Topliss-reactive ketones (excluding diaryl/α,β-unsaturated/α-hetero) is 1. The van der Waals surface area contributed by atoms with Gasteiger partial charge in [-0.3, -0.25) is 4.79 Å². The highest BCUT2D eigenvalue weighted by Crippen LogP contribution is 2.29. The Morgan fingerprint density at radius 3 is 2.31 bits per heavy atom. The molecule has 0 amide bonds. The third kappa shape index (κ3) is 4.35. The van der Waals surface area contributed by atoms with Gasteiger partial charge >= 0.3 is 0 Å². The van der Waals surface area contributed by atoms with E-state index in [-0.39, 0.29) is 18.3 Å². The third-order valence-electron chi connectivity index (χ3n) is 2.56. The molecule has 1 fully saturated rings. The van der Waals surface area contributed by atoms with Crippen LogP contribution in [0.4, 0.5) is 0 Å². The second kappa shape index (κ2) is 5.43. The van der Waals surface area contributed by atoms with Crippen LogP contribution in [0.5, 0.6) is 0 Å². The van der Waals surface area contributed by atoms with E-state index < -0.39 is 8.32 Å². The lowest BCUT2D eigenvalue weighted by molar-refractivity contribution is -0.156. The van der Waals surface area contributed by atoms with E-state index in [0.717, 1.165) is 12.8 Å². The van der Waals surface area contributed by atoms with Crippen LogP contribution in [0.3, 0.4) is 0 Å². The predicted molar refractivity (Wildman–Crippen MR) is 66.8 cm³/mol. The Morgan fingerprint density at radius 1 is 1.31 bits per heavy atom. The smallest absolute Gasteiger partial charge is 0.187 e. The molecule has 94 valence electrons. The number of carbonyl (C=O) groups excluding carboxylic acids is 1. The molecule has 1 saturated carbocycles. The maximum Gasteiger partial charge on any atom is 0.187 e. The maximum absolute atomic E-state index is 11.7. The van der Waals surface area contributed by atoms with Crippen molar-refractivity contribution in [2.45, 2.75) is 65.1 Å². The minimum atomic E-state index is -1.66. The van der Waals surface area contributed by atoms with Crippen molar-refractivity contribution >= 4 is 14.1 Å². The summed E-state index contributed by atoms with van der Waals surface area (Å²) in [5, 5.41) is 0. The summed E-state index contributed by atoms with van der Waals surface area (Å²) in [5.41, 5.74) is 0. The van der Waals surface area contributed by atoms with Gasteiger partial charge in [0.1, 0.15) is 5.78 Å². The highest BCUT2D eigenvalue weighted by molar-refractivity contribution is 6.69. The molecule has 0 bridgehead atoms. The number of carbonyl (C=O) groups is 1. The van der Waals surface area contributed by atoms with E-state index in [1.54, 1.807) is 0 Å². The van der Waals surface area contributed by atoms with Gasteiger partial charge in [0.2, 0.25) is 0 Å². The van der Waals surface area contributed by atoms with Crippen LogP contribution in [0.15, 0.2) is 0 Å². The molecule has 1 aliphatic carbocycles. The fourth-order valence-corrected chi connectivity index (χ4v) is 2.87. The fraction of sp³-hybridized carbons (Fsp3) is 0.917. The first kappa shape index (κ1) is 13.9. The first-order valence-corrected chi connectivity index (χ1v) is 9.56. The first-order valence-electron chi connectivity index (χ1n) is 6.15. The van der Waals surface area contributed by atoms with Gasteiger partial charge in [0, 0.05) is 6.42 Å². The van der Waals surface area contributed by atoms with E-state index in [1.807, 2.05) is 13.8 Å². The van der Waals surface area contributed by atoms with Gasteiger partial charge in [0.15, 0.2) is 14.6 Å². The van der Waals surface area contributed by atoms with Crippen LogP contribution in [-0.2, 0) is 14.0 Å². The Hall–Kier alpha value is -0.193. The van der Waals surface area contributed by atoms with E-state index in [0.29, 0.717) is 12.2 Å². The van der Waals surface area contributed by atoms with E-state index in [9.17, 15) is 4.79 Å². The Morgan fingerprint density at radius 2 is 1.94 bits per heavy atom. The van der Waals surface area contributed by atoms with Gasteiger partial charge in [-0.2, -0.15) is 0 Å². The standard InChI is InChI=1S/C12H24O3Si/c1-9(2)14-12(15-16(3,4)5)10-7-6-8-11(10)13/h9-10,12H,6-8H2,1-5H3. The Bertz CT molecular complexity index is 245. The Kier molecular flexibility index (Phi) is 4.70. The number of ether oxygens (including phenoxy) is 1. The van der Waals surface area contributed by atoms with Crippen LogP contribution in [0, 0.1) is 5.92 Å². The molecule has 0 aromatic heterocycles. The molecule has 0 radical (unpaired) electrons. The molecule has 0 aromatic carbocycles. The van der Waals surface area contributed by atoms with Crippen molar-refractivity contribution in [2.75, 3.05) is 0 Å². The normalized spacial score (nSPS) is 24.1. The third-order valence-corrected chi connectivity index (χ3v) is 3.50. The highest BCUT2D eigenvalue weighted by Gasteiger charge is 2.36. The second-order valence-corrected chi connectivity index (χ2v) is 10.2. The van der Waals surface area contributed by atoms with E-state index >= 15 is 0 Å². The number of hydrogen-bond acceptors (Lipinski definition) is 3. The highest BCUT2D eigenvalue weighted by atomic mass is 28.4. The van der Waals surface area contributed by atoms with Gasteiger partial charge in [0.25, 0.3) is 0 Å². The van der Waals surface area contributed by atoms with Crippen LogP contribution < -0.4 is 0 Å². The van der Waals surface area contributed by atoms with Crippen molar-refractivity contribution in [1.82, 2.24) is 0 Å². The van der Waals surface area contributed by atoms with Crippen LogP contribution in [-0.4, -0.2) is 26.5 Å². The first-order chi connectivity index (χ1) is 7.29. The average molecular weight is 244 g/mol. The summed E-state index contributed by atoms with van der Waals surface area (Å²) in [4.78, 5) is 11.7. The van der Waals surface area contributed by atoms with Crippen molar-refractivity contribution in [3.05, 3.63) is 0 Å². The largest absolute Gasteiger partial charge is 0.393 e.